The maximum atomic E-state index is 13.2. The Bertz CT molecular complexity index is 869. The predicted molar refractivity (Wildman–Crippen MR) is 117 cm³/mol. The molecule has 0 aromatic carbocycles. The van der Waals surface area contributed by atoms with Crippen LogP contribution in [0.3, 0.4) is 0 Å². The molecule has 8 heteroatoms. The highest BCUT2D eigenvalue weighted by molar-refractivity contribution is 7.12. The molecule has 4 heterocycles. The standard InChI is InChI=1S/C21H26N4O2S2/c1-23(2)21(27)15-7-9-24(10-8-15)14-20(26)25-17(19-6-4-12-29-19)13-16(22-25)18-5-3-11-28-18/h3-6,11-12,15,17H,7-10,13-14H2,1-2H3. The Morgan fingerprint density at radius 1 is 1.14 bits per heavy atom. The summed E-state index contributed by atoms with van der Waals surface area (Å²) in [5, 5.41) is 10.5. The van der Waals surface area contributed by atoms with Crippen LogP contribution in [-0.4, -0.2) is 66.1 Å². The minimum Gasteiger partial charge on any atom is -0.349 e. The second kappa shape index (κ2) is 8.77. The first-order valence-electron chi connectivity index (χ1n) is 9.93. The first kappa shape index (κ1) is 20.3. The van der Waals surface area contributed by atoms with E-state index < -0.39 is 0 Å². The van der Waals surface area contributed by atoms with Gasteiger partial charge < -0.3 is 4.90 Å². The van der Waals surface area contributed by atoms with Gasteiger partial charge in [0.05, 0.1) is 23.2 Å². The van der Waals surface area contributed by atoms with Crippen molar-refractivity contribution in [1.82, 2.24) is 14.8 Å². The number of hydrogen-bond acceptors (Lipinski definition) is 6. The van der Waals surface area contributed by atoms with Gasteiger partial charge in [0.1, 0.15) is 0 Å². The lowest BCUT2D eigenvalue weighted by molar-refractivity contribution is -0.136. The molecule has 2 aromatic heterocycles. The van der Waals surface area contributed by atoms with E-state index in [0.717, 1.165) is 42.9 Å². The molecule has 1 atom stereocenters. The van der Waals surface area contributed by atoms with E-state index in [4.69, 9.17) is 5.10 Å². The molecule has 29 heavy (non-hydrogen) atoms. The molecule has 2 amide bonds. The number of rotatable bonds is 5. The predicted octanol–water partition coefficient (Wildman–Crippen LogP) is 3.29. The molecular weight excluding hydrogens is 404 g/mol. The number of likely N-dealkylation sites (tertiary alicyclic amines) is 1. The molecule has 154 valence electrons. The van der Waals surface area contributed by atoms with Crippen molar-refractivity contribution in [3.63, 3.8) is 0 Å². The van der Waals surface area contributed by atoms with Crippen molar-refractivity contribution >= 4 is 40.2 Å². The normalized spacial score (nSPS) is 20.7. The van der Waals surface area contributed by atoms with Crippen LogP contribution >= 0.6 is 22.7 Å². The van der Waals surface area contributed by atoms with Crippen molar-refractivity contribution in [3.05, 3.63) is 44.8 Å². The summed E-state index contributed by atoms with van der Waals surface area (Å²) in [6.45, 7) is 1.90. The van der Waals surface area contributed by atoms with Gasteiger partial charge in [-0.25, -0.2) is 5.01 Å². The molecule has 1 saturated heterocycles. The summed E-state index contributed by atoms with van der Waals surface area (Å²) in [6, 6.07) is 8.17. The summed E-state index contributed by atoms with van der Waals surface area (Å²) in [5.74, 6) is 0.302. The van der Waals surface area contributed by atoms with E-state index in [-0.39, 0.29) is 23.8 Å². The molecule has 0 N–H and O–H groups in total. The Hall–Kier alpha value is -2.03. The molecule has 0 aliphatic carbocycles. The van der Waals surface area contributed by atoms with Crippen LogP contribution in [0.1, 0.15) is 35.1 Å². The fourth-order valence-corrected chi connectivity index (χ4v) is 5.53. The lowest BCUT2D eigenvalue weighted by Crippen LogP contribution is -2.44. The van der Waals surface area contributed by atoms with Crippen LogP contribution in [-0.2, 0) is 9.59 Å². The second-order valence-corrected chi connectivity index (χ2v) is 9.71. The number of piperidine rings is 1. The fraction of sp³-hybridized carbons (Fsp3) is 0.476. The molecule has 0 bridgehead atoms. The second-order valence-electron chi connectivity index (χ2n) is 7.78. The number of hydrazone groups is 1. The van der Waals surface area contributed by atoms with Gasteiger partial charge in [-0.05, 0) is 48.8 Å². The van der Waals surface area contributed by atoms with E-state index >= 15 is 0 Å². The van der Waals surface area contributed by atoms with Crippen LogP contribution < -0.4 is 0 Å². The number of amides is 2. The third-order valence-electron chi connectivity index (χ3n) is 5.58. The van der Waals surface area contributed by atoms with Gasteiger partial charge >= 0.3 is 0 Å². The molecule has 6 nitrogen and oxygen atoms in total. The Morgan fingerprint density at radius 3 is 2.48 bits per heavy atom. The topological polar surface area (TPSA) is 56.2 Å². The number of nitrogens with zero attached hydrogens (tertiary/aromatic N) is 4. The van der Waals surface area contributed by atoms with Gasteiger partial charge in [-0.3, -0.25) is 14.5 Å². The summed E-state index contributed by atoms with van der Waals surface area (Å²) in [7, 11) is 3.61. The lowest BCUT2D eigenvalue weighted by atomic mass is 9.95. The van der Waals surface area contributed by atoms with Crippen molar-refractivity contribution in [1.29, 1.82) is 0 Å². The summed E-state index contributed by atoms with van der Waals surface area (Å²) in [5.41, 5.74) is 0.988. The maximum absolute atomic E-state index is 13.2. The number of hydrogen-bond donors (Lipinski definition) is 0. The van der Waals surface area contributed by atoms with Gasteiger partial charge in [0.15, 0.2) is 0 Å². The SMILES string of the molecule is CN(C)C(=O)C1CCN(CC(=O)N2N=C(c3cccs3)CC2c2cccs2)CC1. The van der Waals surface area contributed by atoms with Crippen molar-refractivity contribution in [2.75, 3.05) is 33.7 Å². The average molecular weight is 431 g/mol. The number of thiophene rings is 2. The maximum Gasteiger partial charge on any atom is 0.257 e. The molecule has 4 rings (SSSR count). The summed E-state index contributed by atoms with van der Waals surface area (Å²) < 4.78 is 0. The molecule has 0 radical (unpaired) electrons. The lowest BCUT2D eigenvalue weighted by Gasteiger charge is -2.33. The molecule has 0 spiro atoms. The minimum absolute atomic E-state index is 0.0209. The summed E-state index contributed by atoms with van der Waals surface area (Å²) in [6.07, 6.45) is 2.37. The monoisotopic (exact) mass is 430 g/mol. The molecule has 2 aromatic rings. The Morgan fingerprint density at radius 2 is 1.86 bits per heavy atom. The highest BCUT2D eigenvalue weighted by atomic mass is 32.1. The first-order valence-corrected chi connectivity index (χ1v) is 11.7. The quantitative estimate of drug-likeness (QED) is 0.731. The molecule has 0 saturated carbocycles. The third kappa shape index (κ3) is 4.44. The van der Waals surface area contributed by atoms with Gasteiger partial charge in [0, 0.05) is 31.3 Å². The summed E-state index contributed by atoms with van der Waals surface area (Å²) in [4.78, 5) is 31.5. The van der Waals surface area contributed by atoms with Crippen LogP contribution in [0.4, 0.5) is 0 Å². The van der Waals surface area contributed by atoms with E-state index in [2.05, 4.69) is 17.0 Å². The zero-order chi connectivity index (χ0) is 20.4. The van der Waals surface area contributed by atoms with Crippen LogP contribution in [0.15, 0.2) is 40.1 Å². The van der Waals surface area contributed by atoms with E-state index in [1.165, 1.54) is 4.88 Å². The van der Waals surface area contributed by atoms with Gasteiger partial charge in [0.2, 0.25) is 5.91 Å². The third-order valence-corrected chi connectivity index (χ3v) is 7.47. The zero-order valence-corrected chi connectivity index (χ0v) is 18.4. The highest BCUT2D eigenvalue weighted by Crippen LogP contribution is 2.36. The smallest absolute Gasteiger partial charge is 0.257 e. The molecule has 2 aliphatic heterocycles. The van der Waals surface area contributed by atoms with Crippen LogP contribution in [0.25, 0.3) is 0 Å². The van der Waals surface area contributed by atoms with Crippen molar-refractivity contribution in [3.8, 4) is 0 Å². The van der Waals surface area contributed by atoms with Gasteiger partial charge in [0.25, 0.3) is 5.91 Å². The minimum atomic E-state index is -0.0209. The van der Waals surface area contributed by atoms with Crippen molar-refractivity contribution in [2.24, 2.45) is 11.0 Å². The van der Waals surface area contributed by atoms with E-state index in [1.807, 2.05) is 22.9 Å². The van der Waals surface area contributed by atoms with Gasteiger partial charge in [-0.15, -0.1) is 22.7 Å². The molecule has 2 aliphatic rings. The van der Waals surface area contributed by atoms with Crippen LogP contribution in [0.5, 0.6) is 0 Å². The van der Waals surface area contributed by atoms with E-state index in [0.29, 0.717) is 6.54 Å². The molecule has 1 unspecified atom stereocenters. The van der Waals surface area contributed by atoms with Gasteiger partial charge in [-0.1, -0.05) is 12.1 Å². The van der Waals surface area contributed by atoms with Crippen molar-refractivity contribution in [2.45, 2.75) is 25.3 Å². The Labute approximate surface area is 179 Å². The zero-order valence-electron chi connectivity index (χ0n) is 16.8. The summed E-state index contributed by atoms with van der Waals surface area (Å²) >= 11 is 3.34. The highest BCUT2D eigenvalue weighted by Gasteiger charge is 2.35. The number of carbonyl (C=O) groups is 2. The van der Waals surface area contributed by atoms with Crippen molar-refractivity contribution < 1.29 is 9.59 Å². The average Bonchev–Trinajstić information content (AvgIpc) is 3.48. The van der Waals surface area contributed by atoms with E-state index in [1.54, 1.807) is 46.7 Å². The molecular formula is C21H26N4O2S2. The molecule has 1 fully saturated rings. The number of carbonyl (C=O) groups excluding carboxylic acids is 2. The van der Waals surface area contributed by atoms with Crippen LogP contribution in [0.2, 0.25) is 0 Å². The van der Waals surface area contributed by atoms with Gasteiger partial charge in [-0.2, -0.15) is 5.10 Å². The van der Waals surface area contributed by atoms with E-state index in [9.17, 15) is 9.59 Å². The first-order chi connectivity index (χ1) is 14.0. The largest absolute Gasteiger partial charge is 0.349 e. The van der Waals surface area contributed by atoms with Crippen LogP contribution in [0, 0.1) is 5.92 Å². The Kier molecular flexibility index (Phi) is 6.12. The Balaban J connectivity index is 1.43. The fourth-order valence-electron chi connectivity index (χ4n) is 4.00.